The average molecular weight is 321 g/mol. The number of aryl methyl sites for hydroxylation is 1. The van der Waals surface area contributed by atoms with Crippen LogP contribution in [0.3, 0.4) is 0 Å². The molecule has 6 heteroatoms. The number of nitrogens with one attached hydrogen (secondary N) is 2. The summed E-state index contributed by atoms with van der Waals surface area (Å²) in [6.45, 7) is 7.60. The highest BCUT2D eigenvalue weighted by atomic mass is 32.1. The van der Waals surface area contributed by atoms with Gasteiger partial charge >= 0.3 is 0 Å². The van der Waals surface area contributed by atoms with Crippen molar-refractivity contribution in [2.45, 2.75) is 51.7 Å². The maximum atomic E-state index is 4.45. The van der Waals surface area contributed by atoms with Crippen molar-refractivity contribution in [1.82, 2.24) is 20.5 Å². The second kappa shape index (κ2) is 6.96. The van der Waals surface area contributed by atoms with Crippen molar-refractivity contribution in [3.8, 4) is 0 Å². The van der Waals surface area contributed by atoms with E-state index in [4.69, 9.17) is 0 Å². The predicted octanol–water partition coefficient (Wildman–Crippen LogP) is 1.85. The molecule has 0 amide bonds. The van der Waals surface area contributed by atoms with Gasteiger partial charge in [-0.15, -0.1) is 11.3 Å². The molecule has 1 aliphatic carbocycles. The van der Waals surface area contributed by atoms with E-state index in [2.05, 4.69) is 39.4 Å². The minimum Gasteiger partial charge on any atom is -0.352 e. The van der Waals surface area contributed by atoms with Crippen LogP contribution in [-0.4, -0.2) is 48.1 Å². The summed E-state index contributed by atoms with van der Waals surface area (Å²) < 4.78 is 0. The van der Waals surface area contributed by atoms with Crippen molar-refractivity contribution in [3.63, 3.8) is 0 Å². The number of nitrogens with zero attached hydrogens (tertiary/aromatic N) is 3. The molecule has 0 aromatic carbocycles. The lowest BCUT2D eigenvalue weighted by Gasteiger charge is -2.20. The molecule has 2 heterocycles. The Balaban J connectivity index is 1.49. The Bertz CT molecular complexity index is 522. The van der Waals surface area contributed by atoms with E-state index in [1.165, 1.54) is 24.3 Å². The molecule has 0 bridgehead atoms. The molecule has 3 rings (SSSR count). The van der Waals surface area contributed by atoms with E-state index in [1.807, 2.05) is 13.2 Å². The number of guanidine groups is 1. The monoisotopic (exact) mass is 321 g/mol. The molecule has 122 valence electrons. The van der Waals surface area contributed by atoms with Crippen molar-refractivity contribution in [3.05, 3.63) is 16.1 Å². The average Bonchev–Trinajstić information content (AvgIpc) is 3.17. The van der Waals surface area contributed by atoms with Crippen molar-refractivity contribution in [2.24, 2.45) is 10.9 Å². The molecular formula is C16H27N5S. The maximum absolute atomic E-state index is 4.45. The molecule has 2 N–H and O–H groups in total. The van der Waals surface area contributed by atoms with Gasteiger partial charge in [-0.1, -0.05) is 13.8 Å². The van der Waals surface area contributed by atoms with Crippen LogP contribution in [0.4, 0.5) is 0 Å². The molecule has 2 aliphatic rings. The molecule has 1 aromatic heterocycles. The summed E-state index contributed by atoms with van der Waals surface area (Å²) in [6, 6.07) is 1.35. The number of aromatic nitrogens is 1. The van der Waals surface area contributed by atoms with Gasteiger partial charge in [-0.05, 0) is 25.2 Å². The molecule has 2 atom stereocenters. The fourth-order valence-electron chi connectivity index (χ4n) is 3.05. The molecule has 2 unspecified atom stereocenters. The van der Waals surface area contributed by atoms with Gasteiger partial charge < -0.3 is 10.6 Å². The Morgan fingerprint density at radius 2 is 2.27 bits per heavy atom. The van der Waals surface area contributed by atoms with Crippen LogP contribution in [0.1, 0.15) is 36.6 Å². The Morgan fingerprint density at radius 3 is 2.91 bits per heavy atom. The number of likely N-dealkylation sites (tertiary alicyclic amines) is 1. The maximum Gasteiger partial charge on any atom is 0.191 e. The molecule has 1 saturated heterocycles. The third kappa shape index (κ3) is 3.79. The zero-order valence-electron chi connectivity index (χ0n) is 13.8. The van der Waals surface area contributed by atoms with Gasteiger partial charge in [0.05, 0.1) is 6.54 Å². The van der Waals surface area contributed by atoms with Crippen LogP contribution in [0.2, 0.25) is 0 Å². The number of aliphatic imine (C=N–C) groups is 1. The first-order valence-corrected chi connectivity index (χ1v) is 9.16. The largest absolute Gasteiger partial charge is 0.352 e. The first kappa shape index (κ1) is 15.7. The highest BCUT2D eigenvalue weighted by Crippen LogP contribution is 2.31. The lowest BCUT2D eigenvalue weighted by atomic mass is 10.1. The summed E-state index contributed by atoms with van der Waals surface area (Å²) in [7, 11) is 1.84. The Kier molecular flexibility index (Phi) is 4.98. The van der Waals surface area contributed by atoms with Crippen molar-refractivity contribution in [1.29, 1.82) is 0 Å². The summed E-state index contributed by atoms with van der Waals surface area (Å²) in [4.78, 5) is 12.8. The van der Waals surface area contributed by atoms with Crippen LogP contribution < -0.4 is 10.6 Å². The van der Waals surface area contributed by atoms with Crippen molar-refractivity contribution in [2.75, 3.05) is 20.1 Å². The van der Waals surface area contributed by atoms with E-state index in [-0.39, 0.29) is 0 Å². The van der Waals surface area contributed by atoms with E-state index >= 15 is 0 Å². The van der Waals surface area contributed by atoms with Gasteiger partial charge in [0.1, 0.15) is 5.01 Å². The normalized spacial score (nSPS) is 26.4. The topological polar surface area (TPSA) is 52.6 Å². The van der Waals surface area contributed by atoms with Crippen molar-refractivity contribution < 1.29 is 0 Å². The summed E-state index contributed by atoms with van der Waals surface area (Å²) in [5, 5.41) is 8.12. The second-order valence-corrected chi connectivity index (χ2v) is 7.61. The molecule has 2 fully saturated rings. The summed E-state index contributed by atoms with van der Waals surface area (Å²) >= 11 is 1.78. The molecular weight excluding hydrogens is 294 g/mol. The van der Waals surface area contributed by atoms with E-state index in [0.29, 0.717) is 12.0 Å². The Labute approximate surface area is 137 Å². The molecule has 5 nitrogen and oxygen atoms in total. The number of hydrogen-bond donors (Lipinski definition) is 2. The van der Waals surface area contributed by atoms with Gasteiger partial charge in [-0.3, -0.25) is 9.89 Å². The van der Waals surface area contributed by atoms with Crippen LogP contribution in [0.25, 0.3) is 0 Å². The SMILES string of the molecule is CCc1cnc(CNC(=NC)NC2CN(C3CC3)CC2C)s1. The molecule has 0 spiro atoms. The number of rotatable bonds is 5. The van der Waals surface area contributed by atoms with Gasteiger partial charge in [0.2, 0.25) is 0 Å². The van der Waals surface area contributed by atoms with Gasteiger partial charge in [0, 0.05) is 43.3 Å². The Hall–Kier alpha value is -1.14. The highest BCUT2D eigenvalue weighted by Gasteiger charge is 2.38. The fourth-order valence-corrected chi connectivity index (χ4v) is 3.85. The second-order valence-electron chi connectivity index (χ2n) is 6.41. The fraction of sp³-hybridized carbons (Fsp3) is 0.750. The molecule has 22 heavy (non-hydrogen) atoms. The number of thiazole rings is 1. The van der Waals surface area contributed by atoms with Crippen LogP contribution in [-0.2, 0) is 13.0 Å². The lowest BCUT2D eigenvalue weighted by molar-refractivity contribution is 0.315. The predicted molar refractivity (Wildman–Crippen MR) is 92.4 cm³/mol. The van der Waals surface area contributed by atoms with Crippen LogP contribution in [0, 0.1) is 5.92 Å². The quantitative estimate of drug-likeness (QED) is 0.642. The van der Waals surface area contributed by atoms with Gasteiger partial charge in [-0.25, -0.2) is 4.98 Å². The van der Waals surface area contributed by atoms with Crippen molar-refractivity contribution >= 4 is 17.3 Å². The van der Waals surface area contributed by atoms with Crippen LogP contribution in [0.15, 0.2) is 11.2 Å². The van der Waals surface area contributed by atoms with Crippen LogP contribution >= 0.6 is 11.3 Å². The summed E-state index contributed by atoms with van der Waals surface area (Å²) in [6.07, 6.45) is 5.80. The smallest absolute Gasteiger partial charge is 0.191 e. The highest BCUT2D eigenvalue weighted by molar-refractivity contribution is 7.11. The molecule has 1 aromatic rings. The minimum absolute atomic E-state index is 0.495. The zero-order valence-corrected chi connectivity index (χ0v) is 14.6. The lowest BCUT2D eigenvalue weighted by Crippen LogP contribution is -2.46. The molecule has 1 aliphatic heterocycles. The summed E-state index contributed by atoms with van der Waals surface area (Å²) in [5.41, 5.74) is 0. The first-order chi connectivity index (χ1) is 10.7. The van der Waals surface area contributed by atoms with Gasteiger partial charge in [0.25, 0.3) is 0 Å². The summed E-state index contributed by atoms with van der Waals surface area (Å²) in [5.74, 6) is 1.56. The van der Waals surface area contributed by atoms with E-state index in [0.717, 1.165) is 36.5 Å². The van der Waals surface area contributed by atoms with E-state index in [9.17, 15) is 0 Å². The van der Waals surface area contributed by atoms with Gasteiger partial charge in [-0.2, -0.15) is 0 Å². The standard InChI is InChI=1S/C16H27N5S/c1-4-13-7-18-15(22-13)8-19-16(17-3)20-14-10-21(9-11(14)2)12-5-6-12/h7,11-12,14H,4-6,8-10H2,1-3H3,(H2,17,19,20). The first-order valence-electron chi connectivity index (χ1n) is 8.34. The number of hydrogen-bond acceptors (Lipinski definition) is 4. The molecule has 0 radical (unpaired) electrons. The Morgan fingerprint density at radius 1 is 1.45 bits per heavy atom. The van der Waals surface area contributed by atoms with E-state index in [1.54, 1.807) is 11.3 Å². The van der Waals surface area contributed by atoms with Crippen LogP contribution in [0.5, 0.6) is 0 Å². The third-order valence-electron chi connectivity index (χ3n) is 4.61. The molecule has 1 saturated carbocycles. The third-order valence-corrected chi connectivity index (χ3v) is 5.75. The zero-order chi connectivity index (χ0) is 15.5. The van der Waals surface area contributed by atoms with Gasteiger partial charge in [0.15, 0.2) is 5.96 Å². The minimum atomic E-state index is 0.495. The van der Waals surface area contributed by atoms with E-state index < -0.39 is 0 Å².